The zero-order valence-electron chi connectivity index (χ0n) is 11.6. The zero-order chi connectivity index (χ0) is 14.1. The maximum absolute atomic E-state index is 11.1. The average molecular weight is 277 g/mol. The Kier molecular flexibility index (Phi) is 3.56. The molecule has 2 heterocycles. The topological polar surface area (TPSA) is 75.5 Å². The number of ether oxygens (including phenoxy) is 1. The van der Waals surface area contributed by atoms with Crippen LogP contribution in [-0.2, 0) is 16.1 Å². The van der Waals surface area contributed by atoms with Crippen molar-refractivity contribution in [2.75, 3.05) is 25.1 Å². The van der Waals surface area contributed by atoms with E-state index in [-0.39, 0.29) is 5.92 Å². The first-order valence-electron chi connectivity index (χ1n) is 7.02. The van der Waals surface area contributed by atoms with Gasteiger partial charge in [-0.25, -0.2) is 9.97 Å². The Bertz CT molecular complexity index is 516. The third kappa shape index (κ3) is 2.75. The van der Waals surface area contributed by atoms with Crippen molar-refractivity contribution in [2.24, 2.45) is 5.92 Å². The van der Waals surface area contributed by atoms with Crippen LogP contribution in [0.25, 0.3) is 0 Å². The van der Waals surface area contributed by atoms with Crippen LogP contribution in [0.4, 0.5) is 5.82 Å². The van der Waals surface area contributed by atoms with Gasteiger partial charge in [0.2, 0.25) is 0 Å². The number of carboxylic acids is 1. The van der Waals surface area contributed by atoms with Gasteiger partial charge < -0.3 is 14.7 Å². The van der Waals surface area contributed by atoms with E-state index in [0.29, 0.717) is 25.5 Å². The SMILES string of the molecule is COCc1cc(N2CCC(C(=O)O)C2)nc(C2CC2)n1. The molecule has 0 aromatic carbocycles. The van der Waals surface area contributed by atoms with Crippen LogP contribution in [0.5, 0.6) is 0 Å². The Morgan fingerprint density at radius 2 is 2.25 bits per heavy atom. The molecule has 2 aliphatic rings. The van der Waals surface area contributed by atoms with E-state index in [1.807, 2.05) is 11.0 Å². The molecule has 1 aliphatic carbocycles. The molecule has 1 saturated heterocycles. The highest BCUT2D eigenvalue weighted by Crippen LogP contribution is 2.39. The highest BCUT2D eigenvalue weighted by molar-refractivity contribution is 5.71. The molecule has 1 unspecified atom stereocenters. The van der Waals surface area contributed by atoms with E-state index in [9.17, 15) is 4.79 Å². The summed E-state index contributed by atoms with van der Waals surface area (Å²) in [5, 5.41) is 9.09. The number of carbonyl (C=O) groups is 1. The van der Waals surface area contributed by atoms with Crippen molar-refractivity contribution in [1.29, 1.82) is 0 Å². The molecule has 0 bridgehead atoms. The van der Waals surface area contributed by atoms with E-state index in [2.05, 4.69) is 9.97 Å². The fourth-order valence-corrected chi connectivity index (χ4v) is 2.58. The monoisotopic (exact) mass is 277 g/mol. The van der Waals surface area contributed by atoms with Crippen LogP contribution in [0.1, 0.15) is 36.7 Å². The number of hydrogen-bond donors (Lipinski definition) is 1. The molecule has 0 amide bonds. The minimum Gasteiger partial charge on any atom is -0.481 e. The summed E-state index contributed by atoms with van der Waals surface area (Å²) in [4.78, 5) is 22.3. The summed E-state index contributed by atoms with van der Waals surface area (Å²) in [6.07, 6.45) is 2.97. The number of carboxylic acid groups (broad SMARTS) is 1. The molecule has 0 spiro atoms. The van der Waals surface area contributed by atoms with E-state index in [1.54, 1.807) is 7.11 Å². The molecule has 2 fully saturated rings. The molecular formula is C14H19N3O3. The molecule has 108 valence electrons. The Balaban J connectivity index is 1.83. The molecule has 6 heteroatoms. The maximum atomic E-state index is 11.1. The largest absolute Gasteiger partial charge is 0.481 e. The lowest BCUT2D eigenvalue weighted by Gasteiger charge is -2.18. The van der Waals surface area contributed by atoms with E-state index in [1.165, 1.54) is 0 Å². The molecule has 1 aromatic heterocycles. The Morgan fingerprint density at radius 3 is 2.85 bits per heavy atom. The quantitative estimate of drug-likeness (QED) is 0.877. The molecule has 0 radical (unpaired) electrons. The molecule has 1 atom stereocenters. The first-order chi connectivity index (χ1) is 9.67. The molecule has 1 N–H and O–H groups in total. The summed E-state index contributed by atoms with van der Waals surface area (Å²) in [5.41, 5.74) is 0.873. The van der Waals surface area contributed by atoms with Gasteiger partial charge in [-0.2, -0.15) is 0 Å². The van der Waals surface area contributed by atoms with Crippen LogP contribution in [0, 0.1) is 5.92 Å². The second-order valence-corrected chi connectivity index (χ2v) is 5.55. The predicted molar refractivity (Wildman–Crippen MR) is 72.7 cm³/mol. The number of methoxy groups -OCH3 is 1. The van der Waals surface area contributed by atoms with Crippen molar-refractivity contribution in [3.05, 3.63) is 17.6 Å². The summed E-state index contributed by atoms with van der Waals surface area (Å²) in [7, 11) is 1.65. The van der Waals surface area contributed by atoms with Gasteiger partial charge in [-0.15, -0.1) is 0 Å². The van der Waals surface area contributed by atoms with E-state index in [4.69, 9.17) is 9.84 Å². The van der Waals surface area contributed by atoms with Gasteiger partial charge >= 0.3 is 5.97 Å². The molecular weight excluding hydrogens is 258 g/mol. The maximum Gasteiger partial charge on any atom is 0.308 e. The van der Waals surface area contributed by atoms with Gasteiger partial charge in [0.25, 0.3) is 0 Å². The van der Waals surface area contributed by atoms with Crippen molar-refractivity contribution >= 4 is 11.8 Å². The van der Waals surface area contributed by atoms with Crippen LogP contribution in [-0.4, -0.2) is 41.2 Å². The summed E-state index contributed by atoms with van der Waals surface area (Å²) < 4.78 is 5.16. The van der Waals surface area contributed by atoms with Crippen molar-refractivity contribution in [3.8, 4) is 0 Å². The minimum absolute atomic E-state index is 0.291. The lowest BCUT2D eigenvalue weighted by Crippen LogP contribution is -2.24. The molecule has 3 rings (SSSR count). The molecule has 1 aliphatic heterocycles. The first kappa shape index (κ1) is 13.3. The highest BCUT2D eigenvalue weighted by atomic mass is 16.5. The fraction of sp³-hybridized carbons (Fsp3) is 0.643. The van der Waals surface area contributed by atoms with Gasteiger partial charge in [-0.3, -0.25) is 4.79 Å². The fourth-order valence-electron chi connectivity index (χ4n) is 2.58. The van der Waals surface area contributed by atoms with Crippen LogP contribution >= 0.6 is 0 Å². The van der Waals surface area contributed by atoms with Crippen LogP contribution < -0.4 is 4.90 Å². The second kappa shape index (κ2) is 5.36. The Hall–Kier alpha value is -1.69. The molecule has 1 aromatic rings. The predicted octanol–water partition coefficient (Wildman–Crippen LogP) is 1.41. The van der Waals surface area contributed by atoms with Crippen LogP contribution in [0.2, 0.25) is 0 Å². The third-order valence-corrected chi connectivity index (χ3v) is 3.88. The number of aromatic nitrogens is 2. The van der Waals surface area contributed by atoms with Gasteiger partial charge in [0.1, 0.15) is 11.6 Å². The average Bonchev–Trinajstić information content (AvgIpc) is 3.15. The highest BCUT2D eigenvalue weighted by Gasteiger charge is 2.31. The van der Waals surface area contributed by atoms with E-state index >= 15 is 0 Å². The standard InChI is InChI=1S/C14H19N3O3/c1-20-8-11-6-12(16-13(15-11)9-2-3-9)17-5-4-10(7-17)14(18)19/h6,9-10H,2-5,7-8H2,1H3,(H,18,19). The number of aliphatic carboxylic acids is 1. The summed E-state index contributed by atoms with van der Waals surface area (Å²) in [5.74, 6) is 1.19. The number of rotatable bonds is 5. The summed E-state index contributed by atoms with van der Waals surface area (Å²) >= 11 is 0. The van der Waals surface area contributed by atoms with Crippen LogP contribution in [0.3, 0.4) is 0 Å². The Labute approximate surface area is 117 Å². The number of anilines is 1. The summed E-state index contributed by atoms with van der Waals surface area (Å²) in [6.45, 7) is 1.73. The normalized spacial score (nSPS) is 22.2. The van der Waals surface area contributed by atoms with Gasteiger partial charge in [0.15, 0.2) is 0 Å². The molecule has 1 saturated carbocycles. The lowest BCUT2D eigenvalue weighted by molar-refractivity contribution is -0.140. The van der Waals surface area contributed by atoms with E-state index in [0.717, 1.165) is 36.7 Å². The number of hydrogen-bond acceptors (Lipinski definition) is 5. The van der Waals surface area contributed by atoms with Crippen molar-refractivity contribution in [2.45, 2.75) is 31.8 Å². The zero-order valence-corrected chi connectivity index (χ0v) is 11.6. The van der Waals surface area contributed by atoms with Crippen molar-refractivity contribution in [1.82, 2.24) is 9.97 Å². The minimum atomic E-state index is -0.721. The van der Waals surface area contributed by atoms with Crippen molar-refractivity contribution < 1.29 is 14.6 Å². The third-order valence-electron chi connectivity index (χ3n) is 3.88. The lowest BCUT2D eigenvalue weighted by atomic mass is 10.1. The van der Waals surface area contributed by atoms with E-state index < -0.39 is 5.97 Å². The smallest absolute Gasteiger partial charge is 0.308 e. The second-order valence-electron chi connectivity index (χ2n) is 5.55. The van der Waals surface area contributed by atoms with Gasteiger partial charge in [0, 0.05) is 32.2 Å². The molecule has 6 nitrogen and oxygen atoms in total. The molecule has 20 heavy (non-hydrogen) atoms. The summed E-state index contributed by atoms with van der Waals surface area (Å²) in [6, 6.07) is 1.92. The first-order valence-corrected chi connectivity index (χ1v) is 7.02. The van der Waals surface area contributed by atoms with Crippen molar-refractivity contribution in [3.63, 3.8) is 0 Å². The Morgan fingerprint density at radius 1 is 1.45 bits per heavy atom. The number of nitrogens with zero attached hydrogens (tertiary/aromatic N) is 3. The van der Waals surface area contributed by atoms with Crippen LogP contribution in [0.15, 0.2) is 6.07 Å². The van der Waals surface area contributed by atoms with Gasteiger partial charge in [-0.1, -0.05) is 0 Å². The van der Waals surface area contributed by atoms with Gasteiger partial charge in [-0.05, 0) is 19.3 Å². The van der Waals surface area contributed by atoms with Gasteiger partial charge in [0.05, 0.1) is 18.2 Å².